The Morgan fingerprint density at radius 2 is 1.60 bits per heavy atom. The largest absolute Gasteiger partial charge is 0.276 e. The predicted molar refractivity (Wildman–Crippen MR) is 106 cm³/mol. The molecule has 0 bridgehead atoms. The Hall–Kier alpha value is -1.37. The van der Waals surface area contributed by atoms with Crippen molar-refractivity contribution in [1.82, 2.24) is 0 Å². The van der Waals surface area contributed by atoms with Crippen LogP contribution in [0.25, 0.3) is 16.2 Å². The van der Waals surface area contributed by atoms with Crippen molar-refractivity contribution in [3.63, 3.8) is 0 Å². The van der Waals surface area contributed by atoms with E-state index in [4.69, 9.17) is 34.8 Å². The number of rotatable bonds is 3. The summed E-state index contributed by atoms with van der Waals surface area (Å²) in [6, 6.07) is 11.0. The number of halogens is 3. The number of benzene rings is 2. The lowest BCUT2D eigenvalue weighted by atomic mass is 10.2. The maximum Gasteiger partial charge on any atom is 0.251 e. The van der Waals surface area contributed by atoms with Crippen molar-refractivity contribution in [1.29, 1.82) is 0 Å². The van der Waals surface area contributed by atoms with Gasteiger partial charge in [-0.05, 0) is 53.4 Å². The van der Waals surface area contributed by atoms with Crippen LogP contribution in [-0.4, -0.2) is 8.42 Å². The van der Waals surface area contributed by atoms with E-state index >= 15 is 0 Å². The van der Waals surface area contributed by atoms with Crippen LogP contribution in [0.1, 0.15) is 5.56 Å². The van der Waals surface area contributed by atoms with Crippen LogP contribution in [0, 0.1) is 0 Å². The second-order valence-corrected chi connectivity index (χ2v) is 9.19. The summed E-state index contributed by atoms with van der Waals surface area (Å²) >= 11 is 18.6. The average molecular weight is 432 g/mol. The fourth-order valence-electron chi connectivity index (χ4n) is 2.15. The van der Waals surface area contributed by atoms with E-state index in [0.717, 1.165) is 16.7 Å². The van der Waals surface area contributed by atoms with Gasteiger partial charge < -0.3 is 0 Å². The zero-order valence-electron chi connectivity index (χ0n) is 12.4. The maximum absolute atomic E-state index is 12.6. The fourth-order valence-corrected chi connectivity index (χ4v) is 5.00. The lowest BCUT2D eigenvalue weighted by Gasteiger charge is -2.02. The summed E-state index contributed by atoms with van der Waals surface area (Å²) in [6.07, 6.45) is 1.33. The van der Waals surface area contributed by atoms with Crippen LogP contribution in [0.4, 0.5) is 0 Å². The van der Waals surface area contributed by atoms with Gasteiger partial charge in [-0.2, -0.15) is 0 Å². The molecule has 2 aromatic carbocycles. The number of sulfone groups is 1. The summed E-state index contributed by atoms with van der Waals surface area (Å²) < 4.78 is 25.2. The number of fused-ring (bicyclic) bond motifs is 1. The average Bonchev–Trinajstić information content (AvgIpc) is 2.53. The highest BCUT2D eigenvalue weighted by atomic mass is 35.5. The van der Waals surface area contributed by atoms with Crippen molar-refractivity contribution in [2.24, 2.45) is 0 Å². The van der Waals surface area contributed by atoms with Gasteiger partial charge in [0.2, 0.25) is 9.84 Å². The Kier molecular flexibility index (Phi) is 5.23. The Labute approximate surface area is 163 Å². The minimum absolute atomic E-state index is 0.298. The zero-order valence-corrected chi connectivity index (χ0v) is 16.3. The molecule has 0 saturated carbocycles. The van der Waals surface area contributed by atoms with E-state index in [1.54, 1.807) is 30.3 Å². The third kappa shape index (κ3) is 4.07. The molecule has 0 radical (unpaired) electrons. The molecule has 0 N–H and O–H groups in total. The summed E-state index contributed by atoms with van der Waals surface area (Å²) in [7, 11) is -3.94. The topological polar surface area (TPSA) is 51.2 Å². The third-order valence-electron chi connectivity index (χ3n) is 3.36. The Balaban J connectivity index is 2.07. The second-order valence-electron chi connectivity index (χ2n) is 5.09. The van der Waals surface area contributed by atoms with Gasteiger partial charge in [-0.15, -0.1) is 0 Å². The molecule has 0 fully saturated rings. The van der Waals surface area contributed by atoms with E-state index < -0.39 is 14.6 Å². The van der Waals surface area contributed by atoms with Crippen LogP contribution in [0.5, 0.6) is 0 Å². The molecule has 128 valence electrons. The molecular weight excluding hydrogens is 423 g/mol. The van der Waals surface area contributed by atoms with Gasteiger partial charge in [0.1, 0.15) is 4.90 Å². The van der Waals surface area contributed by atoms with Crippen molar-refractivity contribution in [2.45, 2.75) is 4.90 Å². The van der Waals surface area contributed by atoms with Crippen molar-refractivity contribution in [3.05, 3.63) is 78.0 Å². The first-order chi connectivity index (χ1) is 11.8. The monoisotopic (exact) mass is 430 g/mol. The molecule has 8 heteroatoms. The van der Waals surface area contributed by atoms with Gasteiger partial charge in [0.25, 0.3) is 4.74 Å². The lowest BCUT2D eigenvalue weighted by Crippen LogP contribution is -2.09. The highest BCUT2D eigenvalue weighted by Gasteiger charge is 2.17. The highest BCUT2D eigenvalue weighted by molar-refractivity contribution is 7.94. The van der Waals surface area contributed by atoms with Crippen molar-refractivity contribution >= 4 is 72.1 Å². The molecule has 0 unspecified atom stereocenters. The molecule has 0 amide bonds. The molecule has 3 aromatic rings. The van der Waals surface area contributed by atoms with Gasteiger partial charge >= 0.3 is 0 Å². The van der Waals surface area contributed by atoms with Gasteiger partial charge in [0.05, 0.1) is 0 Å². The molecule has 0 aliphatic rings. The molecule has 0 spiro atoms. The SMILES string of the molecule is O=c1sc2ccc(Cl)cc2cc1S(=O)(=O)C=Cc1ccc(Cl)cc1Cl. The molecule has 1 aromatic heterocycles. The minimum Gasteiger partial charge on any atom is -0.276 e. The van der Waals surface area contributed by atoms with Crippen LogP contribution in [0.15, 0.2) is 57.6 Å². The van der Waals surface area contributed by atoms with Gasteiger partial charge in [0.15, 0.2) is 0 Å². The molecule has 0 atom stereocenters. The molecule has 3 nitrogen and oxygen atoms in total. The highest BCUT2D eigenvalue weighted by Crippen LogP contribution is 2.25. The van der Waals surface area contributed by atoms with E-state index in [2.05, 4.69) is 0 Å². The van der Waals surface area contributed by atoms with Crippen molar-refractivity contribution in [2.75, 3.05) is 0 Å². The first-order valence-electron chi connectivity index (χ1n) is 6.88. The van der Waals surface area contributed by atoms with E-state index in [9.17, 15) is 13.2 Å². The summed E-state index contributed by atoms with van der Waals surface area (Å²) in [5, 5.41) is 2.77. The normalized spacial score (nSPS) is 12.1. The Morgan fingerprint density at radius 1 is 0.920 bits per heavy atom. The van der Waals surface area contributed by atoms with Crippen LogP contribution in [0.3, 0.4) is 0 Å². The van der Waals surface area contributed by atoms with Gasteiger partial charge in [-0.25, -0.2) is 8.42 Å². The summed E-state index contributed by atoms with van der Waals surface area (Å²) in [5.74, 6) is 0. The van der Waals surface area contributed by atoms with E-state index in [-0.39, 0.29) is 4.90 Å². The van der Waals surface area contributed by atoms with Gasteiger partial charge in [-0.1, -0.05) is 52.2 Å². The molecule has 0 aliphatic carbocycles. The molecule has 0 aliphatic heterocycles. The number of hydrogen-bond acceptors (Lipinski definition) is 4. The quantitative estimate of drug-likeness (QED) is 0.537. The van der Waals surface area contributed by atoms with Crippen molar-refractivity contribution in [3.8, 4) is 0 Å². The minimum atomic E-state index is -3.94. The van der Waals surface area contributed by atoms with E-state index in [1.165, 1.54) is 18.2 Å². The molecule has 1 heterocycles. The first kappa shape index (κ1) is 18.4. The molecule has 3 rings (SSSR count). The maximum atomic E-state index is 12.6. The third-order valence-corrected chi connectivity index (χ3v) is 6.69. The summed E-state index contributed by atoms with van der Waals surface area (Å²) in [6.45, 7) is 0. The Morgan fingerprint density at radius 3 is 2.32 bits per heavy atom. The van der Waals surface area contributed by atoms with Crippen molar-refractivity contribution < 1.29 is 8.42 Å². The van der Waals surface area contributed by atoms with Gasteiger partial charge in [-0.3, -0.25) is 4.79 Å². The molecule has 25 heavy (non-hydrogen) atoms. The second kappa shape index (κ2) is 7.09. The summed E-state index contributed by atoms with van der Waals surface area (Å²) in [5.41, 5.74) is 0.481. The van der Waals surface area contributed by atoms with Crippen LogP contribution < -0.4 is 4.74 Å². The van der Waals surface area contributed by atoms with E-state index in [1.807, 2.05) is 0 Å². The zero-order chi connectivity index (χ0) is 18.2. The predicted octanol–water partition coefficient (Wildman–Crippen LogP) is 5.67. The first-order valence-corrected chi connectivity index (χ1v) is 10.4. The van der Waals surface area contributed by atoms with Crippen LogP contribution in [0.2, 0.25) is 15.1 Å². The van der Waals surface area contributed by atoms with Crippen LogP contribution in [-0.2, 0) is 9.84 Å². The fraction of sp³-hybridized carbons (Fsp3) is 0. The van der Waals surface area contributed by atoms with E-state index in [0.29, 0.717) is 30.7 Å². The summed E-state index contributed by atoms with van der Waals surface area (Å²) in [4.78, 5) is 11.9. The van der Waals surface area contributed by atoms with Gasteiger partial charge in [0, 0.05) is 25.2 Å². The standard InChI is InChI=1S/C17H9Cl3O3S2/c18-12-3-4-15-11(7-12)8-16(17(21)24-15)25(22,23)6-5-10-1-2-13(19)9-14(10)20/h1-9H. The molecule has 0 saturated heterocycles. The Bertz CT molecular complexity index is 1170. The smallest absolute Gasteiger partial charge is 0.251 e. The molecular formula is C17H9Cl3O3S2. The lowest BCUT2D eigenvalue weighted by molar-refractivity contribution is 0.604. The van der Waals surface area contributed by atoms with Crippen LogP contribution >= 0.6 is 46.1 Å². The number of hydrogen-bond donors (Lipinski definition) is 0.